The monoisotopic (exact) mass is 197 g/mol. The normalized spacial score (nSPS) is 10.7. The van der Waals surface area contributed by atoms with E-state index in [1.54, 1.807) is 0 Å². The summed E-state index contributed by atoms with van der Waals surface area (Å²) >= 11 is 0. The second-order valence-corrected chi connectivity index (χ2v) is 2.78. The fourth-order valence-electron chi connectivity index (χ4n) is 1.23. The molecule has 3 nitrogen and oxygen atoms in total. The molecular weight excluding hydrogens is 192 g/mol. The van der Waals surface area contributed by atoms with E-state index in [0.29, 0.717) is 0 Å². The second kappa shape index (κ2) is 2.80. The lowest BCUT2D eigenvalue weighted by atomic mass is 10.2. The zero-order valence-electron chi connectivity index (χ0n) is 6.84. The summed E-state index contributed by atoms with van der Waals surface area (Å²) < 4.78 is 26.3. The van der Waals surface area contributed by atoms with Crippen LogP contribution in [0.25, 0.3) is 10.9 Å². The van der Waals surface area contributed by atoms with Gasteiger partial charge in [-0.2, -0.15) is 0 Å². The summed E-state index contributed by atoms with van der Waals surface area (Å²) in [5.41, 5.74) is -1.28. The molecule has 0 radical (unpaired) electrons. The summed E-state index contributed by atoms with van der Waals surface area (Å²) in [6, 6.07) is 3.65. The molecule has 1 aromatic carbocycles. The lowest BCUT2D eigenvalue weighted by Gasteiger charge is -2.01. The van der Waals surface area contributed by atoms with E-state index >= 15 is 0 Å². The molecule has 0 saturated carbocycles. The standard InChI is InChI=1S/C9H5F2NO2/c10-5-3-1-2-4-6(11)8(13)9(14)12-7(4)5/h1-3,13H,(H,12,14). The number of hydrogen-bond acceptors (Lipinski definition) is 2. The van der Waals surface area contributed by atoms with Crippen molar-refractivity contribution in [2.24, 2.45) is 0 Å². The third-order valence-corrected chi connectivity index (χ3v) is 1.91. The Morgan fingerprint density at radius 2 is 2.00 bits per heavy atom. The highest BCUT2D eigenvalue weighted by molar-refractivity contribution is 5.80. The first kappa shape index (κ1) is 8.68. The maximum absolute atomic E-state index is 13.2. The number of aromatic nitrogens is 1. The van der Waals surface area contributed by atoms with E-state index in [1.165, 1.54) is 12.1 Å². The lowest BCUT2D eigenvalue weighted by molar-refractivity contribution is 0.427. The minimum atomic E-state index is -1.11. The van der Waals surface area contributed by atoms with Crippen LogP contribution < -0.4 is 5.56 Å². The fraction of sp³-hybridized carbons (Fsp3) is 0. The van der Waals surface area contributed by atoms with Crippen LogP contribution in [-0.2, 0) is 0 Å². The predicted octanol–water partition coefficient (Wildman–Crippen LogP) is 1.51. The van der Waals surface area contributed by atoms with Gasteiger partial charge in [-0.1, -0.05) is 6.07 Å². The van der Waals surface area contributed by atoms with Crippen molar-refractivity contribution in [1.82, 2.24) is 4.98 Å². The van der Waals surface area contributed by atoms with Crippen LogP contribution in [0.1, 0.15) is 0 Å². The Balaban J connectivity index is 3.06. The van der Waals surface area contributed by atoms with Gasteiger partial charge in [-0.15, -0.1) is 0 Å². The number of aromatic hydroxyl groups is 1. The van der Waals surface area contributed by atoms with Gasteiger partial charge in [0.2, 0.25) is 5.75 Å². The van der Waals surface area contributed by atoms with E-state index in [4.69, 9.17) is 5.11 Å². The van der Waals surface area contributed by atoms with E-state index < -0.39 is 22.9 Å². The Labute approximate surface area is 76.6 Å². The molecule has 0 aliphatic carbocycles. The average Bonchev–Trinajstić information content (AvgIpc) is 2.17. The topological polar surface area (TPSA) is 53.1 Å². The van der Waals surface area contributed by atoms with Crippen LogP contribution in [0.4, 0.5) is 8.78 Å². The van der Waals surface area contributed by atoms with Gasteiger partial charge in [0.05, 0.1) is 5.52 Å². The van der Waals surface area contributed by atoms with Crippen molar-refractivity contribution in [3.8, 4) is 5.75 Å². The van der Waals surface area contributed by atoms with Crippen molar-refractivity contribution in [1.29, 1.82) is 0 Å². The molecule has 0 amide bonds. The minimum absolute atomic E-state index is 0.151. The molecular formula is C9H5F2NO2. The van der Waals surface area contributed by atoms with Crippen LogP contribution >= 0.6 is 0 Å². The third-order valence-electron chi connectivity index (χ3n) is 1.91. The number of H-pyrrole nitrogens is 1. The number of nitrogens with one attached hydrogen (secondary N) is 1. The molecule has 14 heavy (non-hydrogen) atoms. The van der Waals surface area contributed by atoms with Gasteiger partial charge in [-0.3, -0.25) is 4.79 Å². The summed E-state index contributed by atoms with van der Waals surface area (Å²) in [4.78, 5) is 12.9. The van der Waals surface area contributed by atoms with Gasteiger partial charge in [0.1, 0.15) is 5.82 Å². The number of benzene rings is 1. The number of para-hydroxylation sites is 1. The quantitative estimate of drug-likeness (QED) is 0.672. The van der Waals surface area contributed by atoms with Gasteiger partial charge >= 0.3 is 0 Å². The smallest absolute Gasteiger partial charge is 0.293 e. The Kier molecular flexibility index (Phi) is 1.73. The molecule has 0 unspecified atom stereocenters. The number of fused-ring (bicyclic) bond motifs is 1. The maximum atomic E-state index is 13.2. The van der Waals surface area contributed by atoms with Crippen molar-refractivity contribution in [3.05, 3.63) is 40.2 Å². The Morgan fingerprint density at radius 3 is 2.71 bits per heavy atom. The highest BCUT2D eigenvalue weighted by Gasteiger charge is 2.12. The van der Waals surface area contributed by atoms with Gasteiger partial charge in [0.25, 0.3) is 5.56 Å². The Morgan fingerprint density at radius 1 is 1.29 bits per heavy atom. The van der Waals surface area contributed by atoms with Crippen LogP contribution in [0.2, 0.25) is 0 Å². The van der Waals surface area contributed by atoms with Crippen LogP contribution in [-0.4, -0.2) is 10.1 Å². The van der Waals surface area contributed by atoms with Crippen LogP contribution in [0, 0.1) is 11.6 Å². The zero-order chi connectivity index (χ0) is 10.3. The summed E-state index contributed by atoms with van der Waals surface area (Å²) in [6.45, 7) is 0. The van der Waals surface area contributed by atoms with Crippen LogP contribution in [0.3, 0.4) is 0 Å². The van der Waals surface area contributed by atoms with Crippen molar-refractivity contribution in [3.63, 3.8) is 0 Å². The Bertz CT molecular complexity index is 562. The summed E-state index contributed by atoms with van der Waals surface area (Å²) in [6.07, 6.45) is 0. The van der Waals surface area contributed by atoms with Gasteiger partial charge < -0.3 is 10.1 Å². The predicted molar refractivity (Wildman–Crippen MR) is 46.1 cm³/mol. The molecule has 1 heterocycles. The number of aromatic amines is 1. The maximum Gasteiger partial charge on any atom is 0.293 e. The number of hydrogen-bond donors (Lipinski definition) is 2. The Hall–Kier alpha value is -1.91. The second-order valence-electron chi connectivity index (χ2n) is 2.78. The van der Waals surface area contributed by atoms with Crippen LogP contribution in [0.5, 0.6) is 5.75 Å². The molecule has 0 spiro atoms. The summed E-state index contributed by atoms with van der Waals surface area (Å²) in [5.74, 6) is -2.87. The highest BCUT2D eigenvalue weighted by Crippen LogP contribution is 2.21. The molecule has 2 rings (SSSR count). The molecule has 0 bridgehead atoms. The van der Waals surface area contributed by atoms with E-state index in [0.717, 1.165) is 6.07 Å². The molecule has 5 heteroatoms. The van der Waals surface area contributed by atoms with Crippen molar-refractivity contribution in [2.75, 3.05) is 0 Å². The fourth-order valence-corrected chi connectivity index (χ4v) is 1.23. The molecule has 0 atom stereocenters. The van der Waals surface area contributed by atoms with E-state index in [-0.39, 0.29) is 10.9 Å². The van der Waals surface area contributed by atoms with Gasteiger partial charge in [0.15, 0.2) is 5.82 Å². The van der Waals surface area contributed by atoms with E-state index in [9.17, 15) is 13.6 Å². The number of halogens is 2. The molecule has 2 aromatic rings. The largest absolute Gasteiger partial charge is 0.501 e. The third kappa shape index (κ3) is 1.06. The molecule has 0 aliphatic heterocycles. The SMILES string of the molecule is O=c1[nH]c2c(F)cccc2c(F)c1O. The van der Waals surface area contributed by atoms with Gasteiger partial charge in [-0.05, 0) is 12.1 Å². The van der Waals surface area contributed by atoms with Crippen molar-refractivity contribution in [2.45, 2.75) is 0 Å². The lowest BCUT2D eigenvalue weighted by Crippen LogP contribution is -2.08. The molecule has 0 saturated heterocycles. The number of rotatable bonds is 0. The molecule has 1 aromatic heterocycles. The van der Waals surface area contributed by atoms with E-state index in [2.05, 4.69) is 0 Å². The molecule has 72 valence electrons. The summed E-state index contributed by atoms with van der Waals surface area (Å²) in [7, 11) is 0. The first-order chi connectivity index (χ1) is 6.61. The average molecular weight is 197 g/mol. The highest BCUT2D eigenvalue weighted by atomic mass is 19.1. The van der Waals surface area contributed by atoms with Gasteiger partial charge in [0, 0.05) is 5.39 Å². The molecule has 2 N–H and O–H groups in total. The zero-order valence-corrected chi connectivity index (χ0v) is 6.84. The number of pyridine rings is 1. The minimum Gasteiger partial charge on any atom is -0.501 e. The summed E-state index contributed by atoms with van der Waals surface area (Å²) in [5, 5.41) is 8.80. The van der Waals surface area contributed by atoms with Crippen LogP contribution in [0.15, 0.2) is 23.0 Å². The van der Waals surface area contributed by atoms with Crippen molar-refractivity contribution < 1.29 is 13.9 Å². The first-order valence-electron chi connectivity index (χ1n) is 3.80. The van der Waals surface area contributed by atoms with E-state index in [1.807, 2.05) is 4.98 Å². The molecule has 0 fully saturated rings. The van der Waals surface area contributed by atoms with Crippen molar-refractivity contribution >= 4 is 10.9 Å². The first-order valence-corrected chi connectivity index (χ1v) is 3.80. The van der Waals surface area contributed by atoms with Gasteiger partial charge in [-0.25, -0.2) is 8.78 Å². The molecule has 0 aliphatic rings.